The number of benzene rings is 1. The highest BCUT2D eigenvalue weighted by atomic mass is 35.5. The highest BCUT2D eigenvalue weighted by molar-refractivity contribution is 6.31. The number of nitrogens with zero attached hydrogens (tertiary/aromatic N) is 1. The maximum Gasteiger partial charge on any atom is 0.311 e. The van der Waals surface area contributed by atoms with Crippen LogP contribution in [0.1, 0.15) is 17.9 Å². The van der Waals surface area contributed by atoms with Gasteiger partial charge in [0.05, 0.1) is 18.0 Å². The second kappa shape index (κ2) is 3.80. The minimum Gasteiger partial charge on any atom is -0.490 e. The van der Waals surface area contributed by atoms with E-state index in [1.165, 1.54) is 13.2 Å². The molecule has 0 spiro atoms. The minimum atomic E-state index is -2.81. The predicted molar refractivity (Wildman–Crippen MR) is 57.0 cm³/mol. The van der Waals surface area contributed by atoms with Crippen molar-refractivity contribution < 1.29 is 18.4 Å². The van der Waals surface area contributed by atoms with Crippen molar-refractivity contribution in [2.75, 3.05) is 7.11 Å². The van der Waals surface area contributed by atoms with E-state index < -0.39 is 16.8 Å². The normalized spacial score (nSPS) is 21.1. The molecule has 92 valence electrons. The Morgan fingerprint density at radius 1 is 1.59 bits per heavy atom. The number of hydrogen-bond donors (Lipinski definition) is 0. The third kappa shape index (κ3) is 2.04. The van der Waals surface area contributed by atoms with E-state index in [9.17, 15) is 18.9 Å². The molecule has 1 unspecified atom stereocenters. The Balaban J connectivity index is 2.48. The van der Waals surface area contributed by atoms with Crippen LogP contribution < -0.4 is 4.74 Å². The summed E-state index contributed by atoms with van der Waals surface area (Å²) in [5.41, 5.74) is -0.251. The average molecular weight is 264 g/mol. The first-order valence-corrected chi connectivity index (χ1v) is 5.14. The lowest BCUT2D eigenvalue weighted by Gasteiger charge is -2.07. The first kappa shape index (κ1) is 12.0. The Kier molecular flexibility index (Phi) is 2.69. The van der Waals surface area contributed by atoms with Gasteiger partial charge in [0, 0.05) is 23.6 Å². The van der Waals surface area contributed by atoms with Crippen LogP contribution in [0.25, 0.3) is 0 Å². The van der Waals surface area contributed by atoms with Gasteiger partial charge in [-0.1, -0.05) is 11.6 Å². The van der Waals surface area contributed by atoms with Crippen LogP contribution in [0.15, 0.2) is 12.1 Å². The van der Waals surface area contributed by atoms with Gasteiger partial charge in [-0.15, -0.1) is 0 Å². The van der Waals surface area contributed by atoms with Crippen molar-refractivity contribution in [3.05, 3.63) is 32.8 Å². The first-order valence-electron chi connectivity index (χ1n) is 4.76. The van der Waals surface area contributed by atoms with Gasteiger partial charge in [-0.05, 0) is 5.56 Å². The third-order valence-corrected chi connectivity index (χ3v) is 3.02. The van der Waals surface area contributed by atoms with E-state index in [0.717, 1.165) is 6.07 Å². The maximum atomic E-state index is 12.9. The van der Waals surface area contributed by atoms with Crippen LogP contribution >= 0.6 is 11.6 Å². The van der Waals surface area contributed by atoms with E-state index in [4.69, 9.17) is 16.3 Å². The molecule has 1 aromatic rings. The van der Waals surface area contributed by atoms with Crippen LogP contribution in [0.2, 0.25) is 5.02 Å². The Hall–Kier alpha value is -1.43. The summed E-state index contributed by atoms with van der Waals surface area (Å²) in [6.45, 7) is 0. The third-order valence-electron chi connectivity index (χ3n) is 2.70. The van der Waals surface area contributed by atoms with Crippen LogP contribution in [0.3, 0.4) is 0 Å². The van der Waals surface area contributed by atoms with Gasteiger partial charge < -0.3 is 4.74 Å². The molecular formula is C10H8ClF2NO3. The molecule has 4 nitrogen and oxygen atoms in total. The molecule has 0 amide bonds. The Labute approximate surface area is 100 Å². The fraction of sp³-hybridized carbons (Fsp3) is 0.400. The summed E-state index contributed by atoms with van der Waals surface area (Å²) in [7, 11) is 1.25. The topological polar surface area (TPSA) is 52.4 Å². The molecule has 0 heterocycles. The minimum absolute atomic E-state index is 0.0345. The van der Waals surface area contributed by atoms with Crippen molar-refractivity contribution in [3.8, 4) is 5.75 Å². The van der Waals surface area contributed by atoms with Crippen molar-refractivity contribution in [1.82, 2.24) is 0 Å². The highest BCUT2D eigenvalue weighted by Crippen LogP contribution is 2.58. The Morgan fingerprint density at radius 2 is 2.18 bits per heavy atom. The van der Waals surface area contributed by atoms with Crippen LogP contribution in [0.4, 0.5) is 14.5 Å². The molecule has 1 saturated carbocycles. The molecule has 2 rings (SSSR count). The summed E-state index contributed by atoms with van der Waals surface area (Å²) < 4.78 is 30.6. The lowest BCUT2D eigenvalue weighted by molar-refractivity contribution is -0.385. The van der Waals surface area contributed by atoms with Crippen molar-refractivity contribution in [3.63, 3.8) is 0 Å². The van der Waals surface area contributed by atoms with E-state index in [1.807, 2.05) is 0 Å². The number of nitro benzene ring substituents is 1. The van der Waals surface area contributed by atoms with Gasteiger partial charge in [0.15, 0.2) is 5.75 Å². The second-order valence-electron chi connectivity index (χ2n) is 3.82. The summed E-state index contributed by atoms with van der Waals surface area (Å²) in [4.78, 5) is 10.1. The molecule has 1 aliphatic carbocycles. The van der Waals surface area contributed by atoms with Crippen LogP contribution in [-0.2, 0) is 0 Å². The maximum absolute atomic E-state index is 12.9. The van der Waals surface area contributed by atoms with Gasteiger partial charge in [0.2, 0.25) is 0 Å². The Bertz CT molecular complexity index is 493. The monoisotopic (exact) mass is 263 g/mol. The molecular weight excluding hydrogens is 256 g/mol. The number of halogens is 3. The molecule has 0 saturated heterocycles. The van der Waals surface area contributed by atoms with Crippen LogP contribution in [-0.4, -0.2) is 18.0 Å². The summed E-state index contributed by atoms with van der Waals surface area (Å²) in [6, 6.07) is 2.26. The number of rotatable bonds is 3. The molecule has 0 aromatic heterocycles. The second-order valence-corrected chi connectivity index (χ2v) is 4.23. The van der Waals surface area contributed by atoms with E-state index in [0.29, 0.717) is 0 Å². The van der Waals surface area contributed by atoms with E-state index in [-0.39, 0.29) is 28.4 Å². The first-order chi connectivity index (χ1) is 7.86. The van der Waals surface area contributed by atoms with Crippen molar-refractivity contribution in [2.45, 2.75) is 18.3 Å². The SMILES string of the molecule is COc1cc(Cl)c(C2CC2(F)F)cc1[N+](=O)[O-]. The molecule has 1 fully saturated rings. The fourth-order valence-corrected chi connectivity index (χ4v) is 1.97. The molecule has 0 N–H and O–H groups in total. The number of ether oxygens (including phenoxy) is 1. The lowest BCUT2D eigenvalue weighted by Crippen LogP contribution is -1.98. The molecule has 17 heavy (non-hydrogen) atoms. The number of alkyl halides is 2. The van der Waals surface area contributed by atoms with Gasteiger partial charge in [-0.3, -0.25) is 10.1 Å². The molecule has 1 aliphatic rings. The molecule has 1 aromatic carbocycles. The van der Waals surface area contributed by atoms with Crippen molar-refractivity contribution >= 4 is 17.3 Å². The molecule has 0 aliphatic heterocycles. The lowest BCUT2D eigenvalue weighted by atomic mass is 10.1. The average Bonchev–Trinajstić information content (AvgIpc) is 2.86. The van der Waals surface area contributed by atoms with Gasteiger partial charge in [0.25, 0.3) is 5.92 Å². The molecule has 0 bridgehead atoms. The van der Waals surface area contributed by atoms with E-state index in [1.54, 1.807) is 0 Å². The number of nitro groups is 1. The highest BCUT2D eigenvalue weighted by Gasteiger charge is 2.58. The van der Waals surface area contributed by atoms with Gasteiger partial charge in [0.1, 0.15) is 0 Å². The summed E-state index contributed by atoms with van der Waals surface area (Å²) in [5.74, 6) is -3.88. The zero-order chi connectivity index (χ0) is 12.8. The van der Waals surface area contributed by atoms with Crippen molar-refractivity contribution in [1.29, 1.82) is 0 Å². The standard InChI is InChI=1S/C10H8ClF2NO3/c1-17-9-3-7(11)5(2-8(9)14(15)16)6-4-10(6,12)13/h2-3,6H,4H2,1H3. The van der Waals surface area contributed by atoms with Crippen LogP contribution in [0, 0.1) is 10.1 Å². The summed E-state index contributed by atoms with van der Waals surface area (Å²) >= 11 is 5.81. The largest absolute Gasteiger partial charge is 0.490 e. The van der Waals surface area contributed by atoms with Gasteiger partial charge >= 0.3 is 5.69 Å². The van der Waals surface area contributed by atoms with Crippen molar-refractivity contribution in [2.24, 2.45) is 0 Å². The van der Waals surface area contributed by atoms with Gasteiger partial charge in [-0.2, -0.15) is 0 Å². The quantitative estimate of drug-likeness (QED) is 0.620. The summed E-state index contributed by atoms with van der Waals surface area (Å²) in [5, 5.41) is 10.8. The molecule has 7 heteroatoms. The smallest absolute Gasteiger partial charge is 0.311 e. The number of hydrogen-bond acceptors (Lipinski definition) is 3. The Morgan fingerprint density at radius 3 is 2.59 bits per heavy atom. The zero-order valence-corrected chi connectivity index (χ0v) is 9.50. The zero-order valence-electron chi connectivity index (χ0n) is 8.75. The van der Waals surface area contributed by atoms with Crippen LogP contribution in [0.5, 0.6) is 5.75 Å². The van der Waals surface area contributed by atoms with E-state index in [2.05, 4.69) is 0 Å². The fourth-order valence-electron chi connectivity index (χ4n) is 1.68. The van der Waals surface area contributed by atoms with Gasteiger partial charge in [-0.25, -0.2) is 8.78 Å². The summed E-state index contributed by atoms with van der Waals surface area (Å²) in [6.07, 6.45) is -0.323. The predicted octanol–water partition coefficient (Wildman–Crippen LogP) is 3.38. The van der Waals surface area contributed by atoms with E-state index >= 15 is 0 Å². The molecule has 1 atom stereocenters. The number of methoxy groups -OCH3 is 1. The molecule has 0 radical (unpaired) electrons.